The zero-order chi connectivity index (χ0) is 18.5. The number of methoxy groups -OCH3 is 1. The fourth-order valence-corrected chi connectivity index (χ4v) is 2.85. The summed E-state index contributed by atoms with van der Waals surface area (Å²) in [5, 5.41) is 8.87. The van der Waals surface area contributed by atoms with Crippen LogP contribution < -0.4 is 9.64 Å². The first-order valence-electron chi connectivity index (χ1n) is 8.28. The number of hydrogen-bond donors (Lipinski definition) is 1. The van der Waals surface area contributed by atoms with E-state index < -0.39 is 5.97 Å². The van der Waals surface area contributed by atoms with Gasteiger partial charge in [-0.1, -0.05) is 12.1 Å². The average Bonchev–Trinajstić information content (AvgIpc) is 2.68. The highest BCUT2D eigenvalue weighted by Gasteiger charge is 2.22. The highest BCUT2D eigenvalue weighted by Crippen LogP contribution is 2.16. The maximum atomic E-state index is 12.5. The third-order valence-corrected chi connectivity index (χ3v) is 4.30. The van der Waals surface area contributed by atoms with Gasteiger partial charge in [-0.15, -0.1) is 0 Å². The molecule has 1 fully saturated rings. The zero-order valence-electron chi connectivity index (χ0n) is 14.5. The van der Waals surface area contributed by atoms with Crippen LogP contribution in [-0.4, -0.2) is 65.1 Å². The second kappa shape index (κ2) is 7.81. The van der Waals surface area contributed by atoms with Crippen LogP contribution in [0.3, 0.4) is 0 Å². The first kappa shape index (κ1) is 17.7. The van der Waals surface area contributed by atoms with Gasteiger partial charge >= 0.3 is 5.97 Å². The van der Waals surface area contributed by atoms with Crippen molar-refractivity contribution in [2.24, 2.45) is 0 Å². The van der Waals surface area contributed by atoms with Gasteiger partial charge in [0.2, 0.25) is 5.91 Å². The number of amides is 1. The van der Waals surface area contributed by atoms with Crippen LogP contribution in [0.2, 0.25) is 0 Å². The first-order valence-corrected chi connectivity index (χ1v) is 8.28. The van der Waals surface area contributed by atoms with Crippen LogP contribution in [0.15, 0.2) is 36.7 Å². The van der Waals surface area contributed by atoms with Gasteiger partial charge in [0, 0.05) is 26.2 Å². The maximum absolute atomic E-state index is 12.5. The quantitative estimate of drug-likeness (QED) is 0.856. The Morgan fingerprint density at radius 1 is 1.15 bits per heavy atom. The largest absolute Gasteiger partial charge is 0.497 e. The van der Waals surface area contributed by atoms with Crippen LogP contribution in [0.4, 0.5) is 5.82 Å². The van der Waals surface area contributed by atoms with Crippen molar-refractivity contribution in [2.45, 2.75) is 6.42 Å². The number of anilines is 1. The van der Waals surface area contributed by atoms with Gasteiger partial charge in [0.25, 0.3) is 0 Å². The van der Waals surface area contributed by atoms with Gasteiger partial charge in [-0.2, -0.15) is 0 Å². The van der Waals surface area contributed by atoms with E-state index in [0.717, 1.165) is 11.3 Å². The number of benzene rings is 1. The van der Waals surface area contributed by atoms with Crippen molar-refractivity contribution in [2.75, 3.05) is 38.2 Å². The Hall–Kier alpha value is -3.16. The number of rotatable bonds is 5. The lowest BCUT2D eigenvalue weighted by molar-refractivity contribution is -0.130. The first-order chi connectivity index (χ1) is 12.6. The summed E-state index contributed by atoms with van der Waals surface area (Å²) in [5.41, 5.74) is 0.841. The Kier molecular flexibility index (Phi) is 5.31. The summed E-state index contributed by atoms with van der Waals surface area (Å²) in [6.07, 6.45) is 3.04. The number of carbonyl (C=O) groups is 2. The Balaban J connectivity index is 1.55. The summed E-state index contributed by atoms with van der Waals surface area (Å²) in [6.45, 7) is 2.44. The van der Waals surface area contributed by atoms with E-state index in [9.17, 15) is 9.59 Å². The van der Waals surface area contributed by atoms with E-state index in [1.165, 1.54) is 12.4 Å². The summed E-state index contributed by atoms with van der Waals surface area (Å²) in [4.78, 5) is 35.2. The molecular formula is C18H20N4O4. The molecule has 0 saturated carbocycles. The van der Waals surface area contributed by atoms with Gasteiger partial charge in [-0.3, -0.25) is 4.79 Å². The number of carboxylic acid groups (broad SMARTS) is 1. The van der Waals surface area contributed by atoms with Gasteiger partial charge in [-0.05, 0) is 17.7 Å². The van der Waals surface area contributed by atoms with Crippen LogP contribution in [0, 0.1) is 0 Å². The third-order valence-electron chi connectivity index (χ3n) is 4.30. The second-order valence-corrected chi connectivity index (χ2v) is 5.96. The van der Waals surface area contributed by atoms with Gasteiger partial charge in [0.15, 0.2) is 5.69 Å². The van der Waals surface area contributed by atoms with Crippen molar-refractivity contribution >= 4 is 17.7 Å². The van der Waals surface area contributed by atoms with Crippen molar-refractivity contribution in [1.82, 2.24) is 14.9 Å². The van der Waals surface area contributed by atoms with Crippen molar-refractivity contribution in [1.29, 1.82) is 0 Å². The average molecular weight is 356 g/mol. The van der Waals surface area contributed by atoms with Crippen LogP contribution in [-0.2, 0) is 11.2 Å². The monoisotopic (exact) mass is 356 g/mol. The number of carboxylic acids is 1. The molecule has 1 aliphatic rings. The number of hydrogen-bond acceptors (Lipinski definition) is 6. The van der Waals surface area contributed by atoms with E-state index in [4.69, 9.17) is 9.84 Å². The molecular weight excluding hydrogens is 336 g/mol. The number of carbonyl (C=O) groups excluding carboxylic acids is 1. The molecule has 1 amide bonds. The van der Waals surface area contributed by atoms with E-state index >= 15 is 0 Å². The molecule has 0 spiro atoms. The second-order valence-electron chi connectivity index (χ2n) is 5.96. The lowest BCUT2D eigenvalue weighted by Crippen LogP contribution is -2.49. The lowest BCUT2D eigenvalue weighted by Gasteiger charge is -2.35. The summed E-state index contributed by atoms with van der Waals surface area (Å²) < 4.78 is 5.19. The van der Waals surface area contributed by atoms with Crippen LogP contribution in [0.5, 0.6) is 5.75 Å². The number of piperazine rings is 1. The van der Waals surface area contributed by atoms with Gasteiger partial charge in [-0.25, -0.2) is 14.8 Å². The normalized spacial score (nSPS) is 14.2. The Morgan fingerprint density at radius 3 is 2.54 bits per heavy atom. The van der Waals surface area contributed by atoms with Gasteiger partial charge < -0.3 is 19.6 Å². The van der Waals surface area contributed by atoms with Crippen LogP contribution in [0.1, 0.15) is 16.1 Å². The van der Waals surface area contributed by atoms with Crippen molar-refractivity contribution in [3.63, 3.8) is 0 Å². The molecule has 2 aromatic rings. The minimum absolute atomic E-state index is 0.0743. The molecule has 0 aliphatic carbocycles. The fourth-order valence-electron chi connectivity index (χ4n) is 2.85. The molecule has 26 heavy (non-hydrogen) atoms. The molecule has 0 radical (unpaired) electrons. The molecule has 0 bridgehead atoms. The molecule has 3 rings (SSSR count). The highest BCUT2D eigenvalue weighted by atomic mass is 16.5. The predicted octanol–water partition coefficient (Wildman–Crippen LogP) is 1.07. The Morgan fingerprint density at radius 2 is 1.92 bits per heavy atom. The van der Waals surface area contributed by atoms with E-state index in [-0.39, 0.29) is 11.6 Å². The van der Waals surface area contributed by atoms with Crippen LogP contribution >= 0.6 is 0 Å². The topological polar surface area (TPSA) is 95.9 Å². The van der Waals surface area contributed by atoms with E-state index in [2.05, 4.69) is 9.97 Å². The van der Waals surface area contributed by atoms with E-state index in [1.807, 2.05) is 34.1 Å². The van der Waals surface area contributed by atoms with Crippen LogP contribution in [0.25, 0.3) is 0 Å². The zero-order valence-corrected chi connectivity index (χ0v) is 14.5. The molecule has 0 unspecified atom stereocenters. The molecule has 1 aromatic heterocycles. The standard InChI is InChI=1S/C18H20N4O4/c1-26-14-4-2-3-13(9-14)10-17(23)22-7-5-21(6-8-22)16-12-19-15(11-20-16)18(24)25/h2-4,9,11-12H,5-8,10H2,1H3,(H,24,25). The smallest absolute Gasteiger partial charge is 0.356 e. The minimum atomic E-state index is -1.10. The maximum Gasteiger partial charge on any atom is 0.356 e. The molecule has 1 aromatic carbocycles. The molecule has 8 nitrogen and oxygen atoms in total. The van der Waals surface area contributed by atoms with Gasteiger partial charge in [0.05, 0.1) is 25.9 Å². The number of nitrogens with zero attached hydrogens (tertiary/aromatic N) is 4. The number of aromatic carboxylic acids is 1. The SMILES string of the molecule is COc1cccc(CC(=O)N2CCN(c3cnc(C(=O)O)cn3)CC2)c1. The van der Waals surface area contributed by atoms with Crippen molar-refractivity contribution in [3.8, 4) is 5.75 Å². The van der Waals surface area contributed by atoms with E-state index in [1.54, 1.807) is 7.11 Å². The highest BCUT2D eigenvalue weighted by molar-refractivity contribution is 5.85. The van der Waals surface area contributed by atoms with E-state index in [0.29, 0.717) is 38.4 Å². The Bertz CT molecular complexity index is 786. The summed E-state index contributed by atoms with van der Waals surface area (Å²) in [5.74, 6) is 0.334. The predicted molar refractivity (Wildman–Crippen MR) is 94.5 cm³/mol. The molecule has 2 heterocycles. The Labute approximate surface area is 151 Å². The summed E-state index contributed by atoms with van der Waals surface area (Å²) in [6, 6.07) is 7.51. The number of aromatic nitrogens is 2. The summed E-state index contributed by atoms with van der Waals surface area (Å²) >= 11 is 0. The summed E-state index contributed by atoms with van der Waals surface area (Å²) in [7, 11) is 1.60. The fraction of sp³-hybridized carbons (Fsp3) is 0.333. The van der Waals surface area contributed by atoms with Gasteiger partial charge in [0.1, 0.15) is 11.6 Å². The molecule has 1 aliphatic heterocycles. The molecule has 1 N–H and O–H groups in total. The third kappa shape index (κ3) is 4.08. The minimum Gasteiger partial charge on any atom is -0.497 e. The van der Waals surface area contributed by atoms with Crippen molar-refractivity contribution < 1.29 is 19.4 Å². The molecule has 136 valence electrons. The molecule has 1 saturated heterocycles. The van der Waals surface area contributed by atoms with Crippen molar-refractivity contribution in [3.05, 3.63) is 47.9 Å². The lowest BCUT2D eigenvalue weighted by atomic mass is 10.1. The molecule has 8 heteroatoms. The number of ether oxygens (including phenoxy) is 1. The molecule has 0 atom stereocenters.